The smallest absolute Gasteiger partial charge is 0.177 e. The Morgan fingerprint density at radius 2 is 2.38 bits per heavy atom. The molecule has 0 atom stereocenters. The van der Waals surface area contributed by atoms with Crippen LogP contribution in [0, 0.1) is 0 Å². The van der Waals surface area contributed by atoms with Gasteiger partial charge in [-0.15, -0.1) is 0 Å². The lowest BCUT2D eigenvalue weighted by atomic mass is 10.2. The molecule has 0 aliphatic heterocycles. The van der Waals surface area contributed by atoms with Gasteiger partial charge in [0, 0.05) is 18.3 Å². The Balaban J connectivity index is 2.91. The van der Waals surface area contributed by atoms with E-state index < -0.39 is 0 Å². The second-order valence-electron chi connectivity index (χ2n) is 2.33. The maximum absolute atomic E-state index is 8.59. The highest BCUT2D eigenvalue weighted by molar-refractivity contribution is 5.97. The number of hydrogen-bond donors (Lipinski definition) is 4. The van der Waals surface area contributed by atoms with Crippen LogP contribution in [-0.4, -0.2) is 16.0 Å². The lowest BCUT2D eigenvalue weighted by Gasteiger charge is -2.02. The Hall–Kier alpha value is -1.66. The number of nitrogens with two attached hydrogens (primary N) is 2. The van der Waals surface area contributed by atoms with Gasteiger partial charge in [-0.25, -0.2) is 0 Å². The first kappa shape index (κ1) is 9.43. The van der Waals surface area contributed by atoms with Crippen LogP contribution < -0.4 is 17.1 Å². The Morgan fingerprint density at radius 1 is 1.62 bits per heavy atom. The molecule has 1 aromatic rings. The van der Waals surface area contributed by atoms with Crippen LogP contribution >= 0.6 is 0 Å². The average Bonchev–Trinajstić information content (AvgIpc) is 2.21. The zero-order chi connectivity index (χ0) is 9.68. The highest BCUT2D eigenvalue weighted by Gasteiger charge is 2.01. The molecule has 0 fully saturated rings. The molecule has 0 bridgehead atoms. The molecule has 70 valence electrons. The van der Waals surface area contributed by atoms with Crippen LogP contribution in [0.2, 0.25) is 0 Å². The summed E-state index contributed by atoms with van der Waals surface area (Å²) in [5.74, 6) is 5.16. The van der Waals surface area contributed by atoms with Crippen LogP contribution in [-0.2, 0) is 6.54 Å². The summed E-state index contributed by atoms with van der Waals surface area (Å²) in [5, 5.41) is 11.9. The molecule has 1 heterocycles. The van der Waals surface area contributed by atoms with E-state index in [1.807, 2.05) is 5.48 Å². The normalized spacial score (nSPS) is 11.4. The van der Waals surface area contributed by atoms with Gasteiger partial charge in [0.25, 0.3) is 0 Å². The van der Waals surface area contributed by atoms with Crippen LogP contribution in [0.3, 0.4) is 0 Å². The first-order valence-electron chi connectivity index (χ1n) is 3.65. The Bertz CT molecular complexity index is 294. The topological polar surface area (TPSA) is 110 Å². The average molecular weight is 181 g/mol. The standard InChI is InChI=1S/C7H11N5O/c8-3-6-2-1-5(4-10-6)7(11-9)12-13/h1-2,4,13H,3,8-9H2,(H,11,12). The first-order valence-corrected chi connectivity index (χ1v) is 3.65. The number of aromatic nitrogens is 1. The minimum Gasteiger partial charge on any atom is -0.325 e. The van der Waals surface area contributed by atoms with Crippen molar-refractivity contribution in [2.45, 2.75) is 6.54 Å². The zero-order valence-corrected chi connectivity index (χ0v) is 6.94. The van der Waals surface area contributed by atoms with Gasteiger partial charge >= 0.3 is 0 Å². The fourth-order valence-electron chi connectivity index (χ4n) is 0.853. The predicted molar refractivity (Wildman–Crippen MR) is 47.8 cm³/mol. The van der Waals surface area contributed by atoms with Crippen molar-refractivity contribution in [2.24, 2.45) is 16.7 Å². The minimum atomic E-state index is 0.163. The molecule has 0 amide bonds. The summed E-state index contributed by atoms with van der Waals surface area (Å²) in [6, 6.07) is 3.45. The van der Waals surface area contributed by atoms with Crippen LogP contribution in [0.15, 0.2) is 23.4 Å². The summed E-state index contributed by atoms with van der Waals surface area (Å²) in [4.78, 5) is 4.00. The molecule has 0 radical (unpaired) electrons. The van der Waals surface area contributed by atoms with Crippen LogP contribution in [0.5, 0.6) is 0 Å². The van der Waals surface area contributed by atoms with E-state index in [1.165, 1.54) is 6.20 Å². The lowest BCUT2D eigenvalue weighted by Crippen LogP contribution is -2.22. The van der Waals surface area contributed by atoms with Gasteiger partial charge in [-0.3, -0.25) is 15.7 Å². The quantitative estimate of drug-likeness (QED) is 0.205. The third-order valence-corrected chi connectivity index (χ3v) is 1.54. The van der Waals surface area contributed by atoms with E-state index in [-0.39, 0.29) is 5.84 Å². The molecule has 6 heteroatoms. The highest BCUT2D eigenvalue weighted by Crippen LogP contribution is 1.99. The van der Waals surface area contributed by atoms with Crippen molar-refractivity contribution in [1.82, 2.24) is 10.5 Å². The molecule has 0 aromatic carbocycles. The van der Waals surface area contributed by atoms with Crippen molar-refractivity contribution in [2.75, 3.05) is 0 Å². The minimum absolute atomic E-state index is 0.163. The van der Waals surface area contributed by atoms with Gasteiger partial charge in [-0.1, -0.05) is 0 Å². The largest absolute Gasteiger partial charge is 0.325 e. The summed E-state index contributed by atoms with van der Waals surface area (Å²) in [7, 11) is 0. The summed E-state index contributed by atoms with van der Waals surface area (Å²) in [5.41, 5.74) is 8.58. The van der Waals surface area contributed by atoms with Crippen molar-refractivity contribution in [3.8, 4) is 0 Å². The number of nitrogens with one attached hydrogen (secondary N) is 1. The van der Waals surface area contributed by atoms with E-state index >= 15 is 0 Å². The van der Waals surface area contributed by atoms with Crippen molar-refractivity contribution < 1.29 is 5.21 Å². The van der Waals surface area contributed by atoms with Crippen molar-refractivity contribution >= 4 is 5.84 Å². The summed E-state index contributed by atoms with van der Waals surface area (Å²) in [6.45, 7) is 0.377. The number of nitrogens with zero attached hydrogens (tertiary/aromatic N) is 2. The molecule has 0 saturated heterocycles. The Labute approximate surface area is 75.2 Å². The number of hydrogen-bond acceptors (Lipinski definition) is 5. The van der Waals surface area contributed by atoms with Gasteiger partial charge in [-0.2, -0.15) is 5.10 Å². The maximum Gasteiger partial charge on any atom is 0.177 e. The molecule has 0 saturated carbocycles. The molecule has 1 rings (SSSR count). The van der Waals surface area contributed by atoms with Gasteiger partial charge in [0.05, 0.1) is 5.69 Å². The zero-order valence-electron chi connectivity index (χ0n) is 6.94. The third kappa shape index (κ3) is 2.14. The van der Waals surface area contributed by atoms with Crippen LogP contribution in [0.25, 0.3) is 0 Å². The monoisotopic (exact) mass is 181 g/mol. The van der Waals surface area contributed by atoms with Crippen LogP contribution in [0.1, 0.15) is 11.3 Å². The number of pyridine rings is 1. The molecule has 0 aliphatic carbocycles. The van der Waals surface area contributed by atoms with E-state index in [2.05, 4.69) is 10.1 Å². The molecular formula is C7H11N5O. The number of rotatable bonds is 2. The lowest BCUT2D eigenvalue weighted by molar-refractivity contribution is 0.234. The SMILES string of the molecule is NCc1ccc(C(=NN)NO)cn1. The number of hydroxylamine groups is 1. The van der Waals surface area contributed by atoms with Crippen LogP contribution in [0.4, 0.5) is 0 Å². The van der Waals surface area contributed by atoms with Gasteiger partial charge < -0.3 is 11.6 Å². The van der Waals surface area contributed by atoms with E-state index in [0.717, 1.165) is 5.69 Å². The molecule has 13 heavy (non-hydrogen) atoms. The predicted octanol–water partition coefficient (Wildman–Crippen LogP) is -0.861. The molecule has 0 unspecified atom stereocenters. The van der Waals surface area contributed by atoms with Gasteiger partial charge in [0.1, 0.15) is 0 Å². The van der Waals surface area contributed by atoms with Gasteiger partial charge in [0.15, 0.2) is 5.84 Å². The van der Waals surface area contributed by atoms with E-state index in [4.69, 9.17) is 16.8 Å². The third-order valence-electron chi connectivity index (χ3n) is 1.54. The van der Waals surface area contributed by atoms with E-state index in [0.29, 0.717) is 12.1 Å². The Morgan fingerprint density at radius 3 is 2.77 bits per heavy atom. The van der Waals surface area contributed by atoms with E-state index in [1.54, 1.807) is 12.1 Å². The Kier molecular flexibility index (Phi) is 3.18. The fraction of sp³-hybridized carbons (Fsp3) is 0.143. The molecule has 1 aromatic heterocycles. The second-order valence-corrected chi connectivity index (χ2v) is 2.33. The van der Waals surface area contributed by atoms with Gasteiger partial charge in [0.2, 0.25) is 0 Å². The molecular weight excluding hydrogens is 170 g/mol. The number of amidine groups is 1. The maximum atomic E-state index is 8.59. The van der Waals surface area contributed by atoms with E-state index in [9.17, 15) is 0 Å². The van der Waals surface area contributed by atoms with Crippen molar-refractivity contribution in [1.29, 1.82) is 0 Å². The van der Waals surface area contributed by atoms with Gasteiger partial charge in [-0.05, 0) is 12.1 Å². The highest BCUT2D eigenvalue weighted by atomic mass is 16.5. The summed E-state index contributed by atoms with van der Waals surface area (Å²) >= 11 is 0. The fourth-order valence-corrected chi connectivity index (χ4v) is 0.853. The molecule has 0 aliphatic rings. The van der Waals surface area contributed by atoms with Crippen molar-refractivity contribution in [3.05, 3.63) is 29.6 Å². The molecule has 6 N–H and O–H groups in total. The summed E-state index contributed by atoms with van der Waals surface area (Å²) < 4.78 is 0. The van der Waals surface area contributed by atoms with Crippen molar-refractivity contribution in [3.63, 3.8) is 0 Å². The number of hydrazone groups is 1. The second kappa shape index (κ2) is 4.39. The summed E-state index contributed by atoms with van der Waals surface area (Å²) in [6.07, 6.45) is 1.52. The first-order chi connectivity index (χ1) is 6.31. The molecule has 6 nitrogen and oxygen atoms in total. The molecule has 0 spiro atoms.